The molecule has 2 rings (SSSR count). The Balaban J connectivity index is 1.83. The second-order valence-corrected chi connectivity index (χ2v) is 6.53. The summed E-state index contributed by atoms with van der Waals surface area (Å²) in [5, 5.41) is 9.92. The number of amides is 1. The standard InChI is InChI=1S/C18H30N2O4/c1-5-23-12-16(21)11-19-6-8-20(9-7-19)18(22)14(3)17-10-13(2)24-15(17)4/h10,14,16,21H,5-9,11-12H2,1-4H3. The fourth-order valence-electron chi connectivity index (χ4n) is 3.24. The van der Waals surface area contributed by atoms with Crippen molar-refractivity contribution in [1.29, 1.82) is 0 Å². The maximum absolute atomic E-state index is 12.7. The molecule has 1 fully saturated rings. The van der Waals surface area contributed by atoms with E-state index in [9.17, 15) is 9.90 Å². The minimum absolute atomic E-state index is 0.147. The number of piperazine rings is 1. The molecule has 2 atom stereocenters. The molecule has 1 aromatic heterocycles. The van der Waals surface area contributed by atoms with Crippen LogP contribution in [-0.4, -0.2) is 72.9 Å². The third-order valence-corrected chi connectivity index (χ3v) is 4.58. The molecular formula is C18H30N2O4. The van der Waals surface area contributed by atoms with Crippen molar-refractivity contribution in [3.63, 3.8) is 0 Å². The summed E-state index contributed by atoms with van der Waals surface area (Å²) in [5.41, 5.74) is 0.979. The second-order valence-electron chi connectivity index (χ2n) is 6.53. The monoisotopic (exact) mass is 338 g/mol. The van der Waals surface area contributed by atoms with Crippen molar-refractivity contribution in [3.8, 4) is 0 Å². The van der Waals surface area contributed by atoms with Crippen LogP contribution in [0, 0.1) is 13.8 Å². The molecule has 0 radical (unpaired) electrons. The van der Waals surface area contributed by atoms with E-state index in [-0.39, 0.29) is 11.8 Å². The molecule has 136 valence electrons. The highest BCUT2D eigenvalue weighted by Gasteiger charge is 2.28. The molecule has 0 aromatic carbocycles. The van der Waals surface area contributed by atoms with Gasteiger partial charge in [0.1, 0.15) is 11.5 Å². The molecule has 0 bridgehead atoms. The number of nitrogens with zero attached hydrogens (tertiary/aromatic N) is 2. The molecule has 1 saturated heterocycles. The van der Waals surface area contributed by atoms with E-state index in [0.29, 0.717) is 32.8 Å². The molecule has 1 aliphatic heterocycles. The van der Waals surface area contributed by atoms with Crippen molar-refractivity contribution in [1.82, 2.24) is 9.80 Å². The van der Waals surface area contributed by atoms with Crippen LogP contribution in [0.2, 0.25) is 0 Å². The zero-order valence-corrected chi connectivity index (χ0v) is 15.2. The lowest BCUT2D eigenvalue weighted by Crippen LogP contribution is -2.51. The Morgan fingerprint density at radius 1 is 1.33 bits per heavy atom. The van der Waals surface area contributed by atoms with Crippen LogP contribution in [0.4, 0.5) is 0 Å². The Morgan fingerprint density at radius 3 is 2.54 bits per heavy atom. The molecule has 1 aliphatic rings. The third-order valence-electron chi connectivity index (χ3n) is 4.58. The minimum Gasteiger partial charge on any atom is -0.466 e. The summed E-state index contributed by atoms with van der Waals surface area (Å²) in [7, 11) is 0. The maximum Gasteiger partial charge on any atom is 0.230 e. The maximum atomic E-state index is 12.7. The highest BCUT2D eigenvalue weighted by molar-refractivity contribution is 5.83. The van der Waals surface area contributed by atoms with E-state index < -0.39 is 6.10 Å². The fourth-order valence-corrected chi connectivity index (χ4v) is 3.24. The summed E-state index contributed by atoms with van der Waals surface area (Å²) in [6.07, 6.45) is -0.470. The van der Waals surface area contributed by atoms with Crippen molar-refractivity contribution < 1.29 is 19.1 Å². The van der Waals surface area contributed by atoms with Gasteiger partial charge >= 0.3 is 0 Å². The number of aliphatic hydroxyl groups excluding tert-OH is 1. The smallest absolute Gasteiger partial charge is 0.230 e. The van der Waals surface area contributed by atoms with Gasteiger partial charge in [-0.3, -0.25) is 9.69 Å². The van der Waals surface area contributed by atoms with Crippen molar-refractivity contribution >= 4 is 5.91 Å². The molecule has 6 nitrogen and oxygen atoms in total. The van der Waals surface area contributed by atoms with Gasteiger partial charge in [0.15, 0.2) is 0 Å². The van der Waals surface area contributed by atoms with Gasteiger partial charge in [-0.1, -0.05) is 0 Å². The summed E-state index contributed by atoms with van der Waals surface area (Å²) in [6, 6.07) is 1.96. The van der Waals surface area contributed by atoms with Crippen molar-refractivity contribution in [2.75, 3.05) is 45.9 Å². The van der Waals surface area contributed by atoms with E-state index in [1.807, 2.05) is 38.7 Å². The molecule has 1 amide bonds. The van der Waals surface area contributed by atoms with Crippen LogP contribution in [0.15, 0.2) is 10.5 Å². The average Bonchev–Trinajstić information content (AvgIpc) is 2.90. The number of ether oxygens (including phenoxy) is 1. The van der Waals surface area contributed by atoms with E-state index in [2.05, 4.69) is 4.90 Å². The summed E-state index contributed by atoms with van der Waals surface area (Å²) in [6.45, 7) is 12.2. The Labute approximate surface area is 144 Å². The largest absolute Gasteiger partial charge is 0.466 e. The van der Waals surface area contributed by atoms with Gasteiger partial charge in [-0.05, 0) is 33.8 Å². The second kappa shape index (κ2) is 8.65. The van der Waals surface area contributed by atoms with Gasteiger partial charge in [0, 0.05) is 44.9 Å². The Hall–Kier alpha value is -1.37. The van der Waals surface area contributed by atoms with Crippen molar-refractivity contribution in [3.05, 3.63) is 23.2 Å². The van der Waals surface area contributed by atoms with Gasteiger partial charge in [0.05, 0.1) is 18.6 Å². The van der Waals surface area contributed by atoms with Crippen LogP contribution in [0.5, 0.6) is 0 Å². The molecule has 1 aromatic rings. The number of hydrogen-bond donors (Lipinski definition) is 1. The first-order valence-corrected chi connectivity index (χ1v) is 8.76. The lowest BCUT2D eigenvalue weighted by Gasteiger charge is -2.36. The number of rotatable bonds is 7. The van der Waals surface area contributed by atoms with Crippen molar-refractivity contribution in [2.24, 2.45) is 0 Å². The van der Waals surface area contributed by atoms with Crippen LogP contribution in [0.1, 0.15) is 36.8 Å². The van der Waals surface area contributed by atoms with Gasteiger partial charge in [-0.15, -0.1) is 0 Å². The SMILES string of the molecule is CCOCC(O)CN1CCN(C(=O)C(C)c2cc(C)oc2C)CC1. The van der Waals surface area contributed by atoms with Crippen LogP contribution in [0.25, 0.3) is 0 Å². The normalized spacial score (nSPS) is 18.6. The Bertz CT molecular complexity index is 535. The Morgan fingerprint density at radius 2 is 2.00 bits per heavy atom. The molecule has 6 heteroatoms. The van der Waals surface area contributed by atoms with Gasteiger partial charge in [-0.2, -0.15) is 0 Å². The molecule has 0 spiro atoms. The first kappa shape index (κ1) is 19.0. The van der Waals surface area contributed by atoms with Crippen LogP contribution < -0.4 is 0 Å². The summed E-state index contributed by atoms with van der Waals surface area (Å²) < 4.78 is 10.8. The lowest BCUT2D eigenvalue weighted by molar-refractivity contribution is -0.134. The fraction of sp³-hybridized carbons (Fsp3) is 0.722. The van der Waals surface area contributed by atoms with Gasteiger partial charge in [-0.25, -0.2) is 0 Å². The molecule has 0 saturated carbocycles. The molecule has 0 aliphatic carbocycles. The van der Waals surface area contributed by atoms with Gasteiger partial charge < -0.3 is 19.2 Å². The van der Waals surface area contributed by atoms with E-state index in [1.54, 1.807) is 0 Å². The lowest BCUT2D eigenvalue weighted by atomic mass is 9.99. The van der Waals surface area contributed by atoms with E-state index >= 15 is 0 Å². The molecular weight excluding hydrogens is 308 g/mol. The van der Waals surface area contributed by atoms with E-state index in [0.717, 1.165) is 30.2 Å². The predicted octanol–water partition coefficient (Wildman–Crippen LogP) is 1.54. The summed E-state index contributed by atoms with van der Waals surface area (Å²) >= 11 is 0. The summed E-state index contributed by atoms with van der Waals surface area (Å²) in [4.78, 5) is 16.8. The highest BCUT2D eigenvalue weighted by Crippen LogP contribution is 2.25. The number of hydrogen-bond acceptors (Lipinski definition) is 5. The molecule has 2 heterocycles. The predicted molar refractivity (Wildman–Crippen MR) is 92.1 cm³/mol. The molecule has 2 unspecified atom stereocenters. The minimum atomic E-state index is -0.470. The van der Waals surface area contributed by atoms with Crippen LogP contribution in [-0.2, 0) is 9.53 Å². The number of carbonyl (C=O) groups excluding carboxylic acids is 1. The van der Waals surface area contributed by atoms with Crippen LogP contribution in [0.3, 0.4) is 0 Å². The van der Waals surface area contributed by atoms with E-state index in [4.69, 9.17) is 9.15 Å². The zero-order chi connectivity index (χ0) is 17.7. The number of β-amino-alcohol motifs (C(OH)–C–C–N with tert-alkyl or cyclic N) is 1. The summed E-state index contributed by atoms with van der Waals surface area (Å²) in [5.74, 6) is 1.63. The van der Waals surface area contributed by atoms with E-state index in [1.165, 1.54) is 0 Å². The molecule has 24 heavy (non-hydrogen) atoms. The van der Waals surface area contributed by atoms with Gasteiger partial charge in [0.25, 0.3) is 0 Å². The third kappa shape index (κ3) is 4.82. The number of carbonyl (C=O) groups is 1. The average molecular weight is 338 g/mol. The van der Waals surface area contributed by atoms with Gasteiger partial charge in [0.2, 0.25) is 5.91 Å². The molecule has 1 N–H and O–H groups in total. The quantitative estimate of drug-likeness (QED) is 0.817. The topological polar surface area (TPSA) is 66.2 Å². The number of furan rings is 1. The number of aliphatic hydroxyl groups is 1. The zero-order valence-electron chi connectivity index (χ0n) is 15.2. The first-order valence-electron chi connectivity index (χ1n) is 8.76. The Kier molecular flexibility index (Phi) is 6.83. The number of aryl methyl sites for hydroxylation is 2. The highest BCUT2D eigenvalue weighted by atomic mass is 16.5. The van der Waals surface area contributed by atoms with Crippen LogP contribution >= 0.6 is 0 Å². The van der Waals surface area contributed by atoms with Crippen molar-refractivity contribution in [2.45, 2.75) is 39.7 Å². The first-order chi connectivity index (χ1) is 11.4.